The second-order valence-electron chi connectivity index (χ2n) is 8.46. The van der Waals surface area contributed by atoms with Crippen LogP contribution in [0.25, 0.3) is 22.6 Å². The van der Waals surface area contributed by atoms with Crippen molar-refractivity contribution < 1.29 is 23.1 Å². The van der Waals surface area contributed by atoms with Crippen LogP contribution < -0.4 is 10.1 Å². The lowest BCUT2D eigenvalue weighted by molar-refractivity contribution is -0.131. The number of pyridine rings is 2. The number of hydrogen-bond acceptors (Lipinski definition) is 6. The number of nitriles is 1. The highest BCUT2D eigenvalue weighted by Gasteiger charge is 2.47. The maximum atomic E-state index is 13.6. The van der Waals surface area contributed by atoms with Crippen molar-refractivity contribution in [1.29, 1.82) is 5.26 Å². The summed E-state index contributed by atoms with van der Waals surface area (Å²) in [5.74, 6) is -3.89. The summed E-state index contributed by atoms with van der Waals surface area (Å²) in [6, 6.07) is 11.2. The first-order valence-electron chi connectivity index (χ1n) is 11.1. The molecular formula is C26H23F2N5O3. The average molecular weight is 491 g/mol. The molecule has 1 fully saturated rings. The normalized spacial score (nSPS) is 17.0. The molecule has 1 saturated heterocycles. The number of amides is 2. The number of nitrogens with zero attached hydrogens (tertiary/aromatic N) is 4. The Morgan fingerprint density at radius 3 is 2.78 bits per heavy atom. The lowest BCUT2D eigenvalue weighted by Gasteiger charge is -2.19. The molecule has 2 amide bonds. The molecule has 3 heterocycles. The number of allylic oxidation sites excluding steroid dienone is 1. The quantitative estimate of drug-likeness (QED) is 0.564. The fraction of sp³-hybridized carbons (Fsp3) is 0.269. The Balaban J connectivity index is 1.53. The molecule has 3 aromatic rings. The van der Waals surface area contributed by atoms with E-state index in [1.807, 2.05) is 31.2 Å². The Hall–Kier alpha value is -4.39. The first-order chi connectivity index (χ1) is 17.2. The number of hydrogen-bond donors (Lipinski definition) is 1. The van der Waals surface area contributed by atoms with E-state index in [9.17, 15) is 18.4 Å². The van der Waals surface area contributed by atoms with Gasteiger partial charge < -0.3 is 15.0 Å². The largest absolute Gasteiger partial charge is 0.481 e. The minimum absolute atomic E-state index is 0.287. The fourth-order valence-corrected chi connectivity index (χ4v) is 4.07. The summed E-state index contributed by atoms with van der Waals surface area (Å²) in [6.45, 7) is 0.601. The number of carbonyl (C=O) groups is 2. The maximum Gasteiger partial charge on any atom is 0.268 e. The Morgan fingerprint density at radius 1 is 1.28 bits per heavy atom. The predicted molar refractivity (Wildman–Crippen MR) is 129 cm³/mol. The molecule has 8 nitrogen and oxygen atoms in total. The number of benzene rings is 1. The molecule has 0 spiro atoms. The Kier molecular flexibility index (Phi) is 6.92. The van der Waals surface area contributed by atoms with Crippen molar-refractivity contribution in [3.05, 3.63) is 65.5 Å². The number of methoxy groups -OCH3 is 1. The van der Waals surface area contributed by atoms with Crippen LogP contribution in [-0.2, 0) is 4.79 Å². The van der Waals surface area contributed by atoms with Crippen LogP contribution in [0, 0.1) is 11.3 Å². The Labute approximate surface area is 206 Å². The molecule has 36 heavy (non-hydrogen) atoms. The topological polar surface area (TPSA) is 108 Å². The number of rotatable bonds is 6. The fourth-order valence-electron chi connectivity index (χ4n) is 4.07. The van der Waals surface area contributed by atoms with Gasteiger partial charge in [0.25, 0.3) is 11.8 Å². The van der Waals surface area contributed by atoms with Gasteiger partial charge in [-0.05, 0) is 47.9 Å². The van der Waals surface area contributed by atoms with Crippen molar-refractivity contribution in [3.8, 4) is 11.9 Å². The van der Waals surface area contributed by atoms with Gasteiger partial charge in [-0.25, -0.2) is 13.8 Å². The maximum absolute atomic E-state index is 13.6. The van der Waals surface area contributed by atoms with E-state index in [1.165, 1.54) is 12.3 Å². The van der Waals surface area contributed by atoms with Crippen molar-refractivity contribution in [3.63, 3.8) is 0 Å². The molecule has 1 aliphatic rings. The van der Waals surface area contributed by atoms with Crippen LogP contribution in [0.1, 0.15) is 34.8 Å². The highest BCUT2D eigenvalue weighted by atomic mass is 19.3. The molecule has 184 valence electrons. The van der Waals surface area contributed by atoms with Gasteiger partial charge in [-0.3, -0.25) is 14.6 Å². The van der Waals surface area contributed by atoms with Gasteiger partial charge in [0.2, 0.25) is 11.8 Å². The highest BCUT2D eigenvalue weighted by Crippen LogP contribution is 2.31. The number of nitrogens with one attached hydrogen (secondary N) is 1. The van der Waals surface area contributed by atoms with Gasteiger partial charge in [0.1, 0.15) is 6.04 Å². The van der Waals surface area contributed by atoms with Crippen LogP contribution in [0.15, 0.2) is 48.8 Å². The van der Waals surface area contributed by atoms with Crippen LogP contribution in [0.4, 0.5) is 8.78 Å². The zero-order valence-electron chi connectivity index (χ0n) is 19.7. The summed E-state index contributed by atoms with van der Waals surface area (Å²) in [5, 5.41) is 12.1. The van der Waals surface area contributed by atoms with Gasteiger partial charge in [-0.1, -0.05) is 12.1 Å². The molecular weight excluding hydrogens is 468 g/mol. The van der Waals surface area contributed by atoms with Gasteiger partial charge in [-0.2, -0.15) is 5.26 Å². The SMILES string of the molecule is COc1ccc(C(C)=Cc2ccc3nccc(C(=O)NCC(=O)N4CC(F)(F)CC4C#N)c3c2)cn1. The van der Waals surface area contributed by atoms with Crippen molar-refractivity contribution >= 4 is 34.4 Å². The summed E-state index contributed by atoms with van der Waals surface area (Å²) in [6.07, 6.45) is 4.42. The molecule has 1 unspecified atom stereocenters. The molecule has 4 rings (SSSR count). The molecule has 0 aliphatic carbocycles. The first kappa shape index (κ1) is 24.7. The second-order valence-corrected chi connectivity index (χ2v) is 8.46. The van der Waals surface area contributed by atoms with Crippen LogP contribution >= 0.6 is 0 Å². The van der Waals surface area contributed by atoms with E-state index in [4.69, 9.17) is 10.00 Å². The summed E-state index contributed by atoms with van der Waals surface area (Å²) in [4.78, 5) is 34.7. The van der Waals surface area contributed by atoms with Crippen molar-refractivity contribution in [1.82, 2.24) is 20.2 Å². The number of ether oxygens (including phenoxy) is 1. The van der Waals surface area contributed by atoms with Crippen molar-refractivity contribution in [2.45, 2.75) is 25.3 Å². The Bertz CT molecular complexity index is 1380. The van der Waals surface area contributed by atoms with Gasteiger partial charge in [0.15, 0.2) is 0 Å². The minimum Gasteiger partial charge on any atom is -0.481 e. The van der Waals surface area contributed by atoms with Crippen molar-refractivity contribution in [2.24, 2.45) is 0 Å². The zero-order chi connectivity index (χ0) is 25.9. The van der Waals surface area contributed by atoms with E-state index in [0.717, 1.165) is 21.6 Å². The molecule has 0 bridgehead atoms. The van der Waals surface area contributed by atoms with Gasteiger partial charge in [0, 0.05) is 30.3 Å². The minimum atomic E-state index is -3.12. The van der Waals surface area contributed by atoms with Crippen LogP contribution in [0.3, 0.4) is 0 Å². The van der Waals surface area contributed by atoms with Gasteiger partial charge >= 0.3 is 0 Å². The summed E-state index contributed by atoms with van der Waals surface area (Å²) in [5.41, 5.74) is 3.54. The summed E-state index contributed by atoms with van der Waals surface area (Å²) >= 11 is 0. The Morgan fingerprint density at radius 2 is 2.08 bits per heavy atom. The summed E-state index contributed by atoms with van der Waals surface area (Å²) < 4.78 is 32.4. The molecule has 1 aliphatic heterocycles. The number of carbonyl (C=O) groups excluding carboxylic acids is 2. The summed E-state index contributed by atoms with van der Waals surface area (Å²) in [7, 11) is 1.55. The van der Waals surface area contributed by atoms with Crippen LogP contribution in [0.5, 0.6) is 5.88 Å². The molecule has 2 aromatic heterocycles. The van der Waals surface area contributed by atoms with Gasteiger partial charge in [0.05, 0.1) is 37.3 Å². The number of likely N-dealkylation sites (tertiary alicyclic amines) is 1. The van der Waals surface area contributed by atoms with E-state index >= 15 is 0 Å². The second kappa shape index (κ2) is 10.1. The standard InChI is InChI=1S/C26H23F2N5O3/c1-16(18-4-6-23(36-2)31-13-18)9-17-3-5-22-21(10-17)20(7-8-30-22)25(35)32-14-24(34)33-15-26(27,28)11-19(33)12-29/h3-10,13,19H,11,14-15H2,1-2H3,(H,32,35). The third kappa shape index (κ3) is 5.30. The molecule has 0 radical (unpaired) electrons. The third-order valence-corrected chi connectivity index (χ3v) is 5.93. The van der Waals surface area contributed by atoms with E-state index in [2.05, 4.69) is 15.3 Å². The molecule has 1 atom stereocenters. The van der Waals surface area contributed by atoms with Crippen LogP contribution in [0.2, 0.25) is 0 Å². The predicted octanol–water partition coefficient (Wildman–Crippen LogP) is 3.69. The number of fused-ring (bicyclic) bond motifs is 1. The average Bonchev–Trinajstić information content (AvgIpc) is 3.21. The highest BCUT2D eigenvalue weighted by molar-refractivity contribution is 6.07. The van der Waals surface area contributed by atoms with Crippen molar-refractivity contribution in [2.75, 3.05) is 20.2 Å². The lowest BCUT2D eigenvalue weighted by atomic mass is 10.0. The van der Waals surface area contributed by atoms with E-state index in [0.29, 0.717) is 16.8 Å². The first-order valence-corrected chi connectivity index (χ1v) is 11.1. The number of halogens is 2. The third-order valence-electron chi connectivity index (χ3n) is 5.93. The van der Waals surface area contributed by atoms with Gasteiger partial charge in [-0.15, -0.1) is 0 Å². The van der Waals surface area contributed by atoms with E-state index in [-0.39, 0.29) is 5.56 Å². The van der Waals surface area contributed by atoms with E-state index in [1.54, 1.807) is 31.5 Å². The molecule has 10 heteroatoms. The molecule has 0 saturated carbocycles. The number of alkyl halides is 2. The van der Waals surface area contributed by atoms with E-state index < -0.39 is 43.3 Å². The van der Waals surface area contributed by atoms with Crippen LogP contribution in [-0.4, -0.2) is 58.8 Å². The lowest BCUT2D eigenvalue weighted by Crippen LogP contribution is -2.43. The molecule has 1 aromatic carbocycles. The zero-order valence-corrected chi connectivity index (χ0v) is 19.7. The smallest absolute Gasteiger partial charge is 0.268 e. The molecule has 1 N–H and O–H groups in total. The monoisotopic (exact) mass is 491 g/mol. The number of aromatic nitrogens is 2.